The van der Waals surface area contributed by atoms with E-state index in [4.69, 9.17) is 0 Å². The van der Waals surface area contributed by atoms with Crippen LogP contribution in [0.3, 0.4) is 0 Å². The van der Waals surface area contributed by atoms with E-state index in [0.29, 0.717) is 6.54 Å². The number of nitriles is 1. The molecule has 1 heterocycles. The quantitative estimate of drug-likeness (QED) is 0.793. The summed E-state index contributed by atoms with van der Waals surface area (Å²) in [5.41, 5.74) is 8.09. The summed E-state index contributed by atoms with van der Waals surface area (Å²) in [5, 5.41) is 12.8. The number of amides is 1. The zero-order valence-corrected chi connectivity index (χ0v) is 18.6. The molecule has 0 spiro atoms. The fourth-order valence-corrected chi connectivity index (χ4v) is 5.80. The van der Waals surface area contributed by atoms with Crippen molar-refractivity contribution >= 4 is 5.91 Å². The minimum absolute atomic E-state index is 0.0799. The van der Waals surface area contributed by atoms with Crippen LogP contribution in [0.5, 0.6) is 0 Å². The van der Waals surface area contributed by atoms with Crippen molar-refractivity contribution in [3.8, 4) is 6.07 Å². The molecule has 0 saturated carbocycles. The third-order valence-corrected chi connectivity index (χ3v) is 7.43. The Balaban J connectivity index is 1.48. The number of carbonyl (C=O) groups is 1. The highest BCUT2D eigenvalue weighted by Crippen LogP contribution is 2.33. The fraction of sp³-hybridized carbons (Fsp3) is 0.692. The van der Waals surface area contributed by atoms with Gasteiger partial charge in [0.25, 0.3) is 0 Å². The van der Waals surface area contributed by atoms with Crippen LogP contribution in [0.15, 0.2) is 6.07 Å². The Hall–Kier alpha value is -1.86. The maximum atomic E-state index is 12.6. The van der Waals surface area contributed by atoms with Gasteiger partial charge >= 0.3 is 0 Å². The molecule has 1 N–H and O–H groups in total. The van der Waals surface area contributed by atoms with Crippen molar-refractivity contribution in [1.82, 2.24) is 10.2 Å². The van der Waals surface area contributed by atoms with Crippen LogP contribution in [0.1, 0.15) is 86.1 Å². The van der Waals surface area contributed by atoms with Gasteiger partial charge in [-0.3, -0.25) is 4.79 Å². The molecule has 1 amide bonds. The molecule has 1 unspecified atom stereocenters. The summed E-state index contributed by atoms with van der Waals surface area (Å²) in [5.74, 6) is 0.0799. The topological polar surface area (TPSA) is 56.1 Å². The van der Waals surface area contributed by atoms with Crippen molar-refractivity contribution in [3.63, 3.8) is 0 Å². The molecule has 30 heavy (non-hydrogen) atoms. The lowest BCUT2D eigenvalue weighted by molar-refractivity contribution is -0.130. The smallest absolute Gasteiger partial charge is 0.237 e. The Morgan fingerprint density at radius 3 is 2.40 bits per heavy atom. The van der Waals surface area contributed by atoms with Gasteiger partial charge in [0.2, 0.25) is 5.91 Å². The van der Waals surface area contributed by atoms with Crippen molar-refractivity contribution in [3.05, 3.63) is 33.9 Å². The number of rotatable bonds is 5. The molecule has 1 aromatic rings. The van der Waals surface area contributed by atoms with Crippen molar-refractivity contribution in [2.75, 3.05) is 13.1 Å². The number of nitrogens with zero attached hydrogens (tertiary/aromatic N) is 2. The standard InChI is InChI=1S/C26H37N3O/c1-19(28-18-26(30)29-14-8-11-22(29)17-27)15-25-23-12-5-3-2-4-9-20(23)16-21-10-6-7-13-24(21)25/h16,19,22,28H,2-15,18H2,1H3/t19?,22-/m0/s1. The van der Waals surface area contributed by atoms with Gasteiger partial charge in [0.15, 0.2) is 0 Å². The molecule has 2 atom stereocenters. The first-order chi connectivity index (χ1) is 14.7. The Morgan fingerprint density at radius 1 is 1.07 bits per heavy atom. The molecule has 1 aliphatic heterocycles. The van der Waals surface area contributed by atoms with Gasteiger partial charge in [-0.15, -0.1) is 0 Å². The van der Waals surface area contributed by atoms with Crippen molar-refractivity contribution in [2.45, 2.75) is 102 Å². The lowest BCUT2D eigenvalue weighted by Gasteiger charge is -2.28. The number of carbonyl (C=O) groups excluding carboxylic acids is 1. The SMILES string of the molecule is CC(Cc1c2c(cc3c1CCCC3)CCCCCC2)NCC(=O)N1CCC[C@H]1C#N. The number of nitrogens with one attached hydrogen (secondary N) is 1. The highest BCUT2D eigenvalue weighted by Gasteiger charge is 2.28. The summed E-state index contributed by atoms with van der Waals surface area (Å²) in [4.78, 5) is 14.4. The maximum absolute atomic E-state index is 12.6. The first kappa shape index (κ1) is 21.4. The Kier molecular flexibility index (Phi) is 7.10. The summed E-state index contributed by atoms with van der Waals surface area (Å²) < 4.78 is 0. The summed E-state index contributed by atoms with van der Waals surface area (Å²) in [6, 6.07) is 4.87. The van der Waals surface area contributed by atoms with Crippen LogP contribution in [0.2, 0.25) is 0 Å². The van der Waals surface area contributed by atoms with Gasteiger partial charge in [-0.1, -0.05) is 18.9 Å². The van der Waals surface area contributed by atoms with Crippen LogP contribution in [0.25, 0.3) is 0 Å². The first-order valence-corrected chi connectivity index (χ1v) is 12.2. The van der Waals surface area contributed by atoms with Crippen LogP contribution in [0.4, 0.5) is 0 Å². The molecule has 4 rings (SSSR count). The Morgan fingerprint density at radius 2 is 1.70 bits per heavy atom. The molecule has 1 fully saturated rings. The molecule has 3 aliphatic rings. The van der Waals surface area contributed by atoms with E-state index in [-0.39, 0.29) is 18.0 Å². The first-order valence-electron chi connectivity index (χ1n) is 12.2. The second kappa shape index (κ2) is 9.96. The highest BCUT2D eigenvalue weighted by atomic mass is 16.2. The van der Waals surface area contributed by atoms with E-state index in [1.165, 1.54) is 64.2 Å². The van der Waals surface area contributed by atoms with E-state index in [9.17, 15) is 10.1 Å². The normalized spacial score (nSPS) is 22.4. The summed E-state index contributed by atoms with van der Waals surface area (Å²) in [6.07, 6.45) is 15.7. The molecule has 4 nitrogen and oxygen atoms in total. The van der Waals surface area contributed by atoms with E-state index in [0.717, 1.165) is 25.8 Å². The van der Waals surface area contributed by atoms with Crippen LogP contribution in [-0.2, 0) is 36.9 Å². The van der Waals surface area contributed by atoms with E-state index in [1.54, 1.807) is 32.7 Å². The van der Waals surface area contributed by atoms with Gasteiger partial charge in [0, 0.05) is 12.6 Å². The van der Waals surface area contributed by atoms with Crippen LogP contribution < -0.4 is 5.32 Å². The van der Waals surface area contributed by atoms with Gasteiger partial charge in [-0.25, -0.2) is 0 Å². The number of benzene rings is 1. The number of aryl methyl sites for hydroxylation is 2. The van der Waals surface area contributed by atoms with Crippen LogP contribution >= 0.6 is 0 Å². The molecule has 0 radical (unpaired) electrons. The fourth-order valence-electron chi connectivity index (χ4n) is 5.80. The van der Waals surface area contributed by atoms with E-state index < -0.39 is 0 Å². The minimum atomic E-state index is -0.226. The van der Waals surface area contributed by atoms with Gasteiger partial charge in [-0.05, 0) is 105 Å². The number of likely N-dealkylation sites (tertiary alicyclic amines) is 1. The number of hydrogen-bond acceptors (Lipinski definition) is 3. The van der Waals surface area contributed by atoms with Crippen molar-refractivity contribution in [2.24, 2.45) is 0 Å². The van der Waals surface area contributed by atoms with Crippen molar-refractivity contribution < 1.29 is 4.79 Å². The average molecular weight is 408 g/mol. The molecule has 0 aromatic heterocycles. The monoisotopic (exact) mass is 407 g/mol. The molecule has 1 saturated heterocycles. The average Bonchev–Trinajstić information content (AvgIpc) is 3.22. The molecule has 2 aliphatic carbocycles. The minimum Gasteiger partial charge on any atom is -0.326 e. The zero-order chi connectivity index (χ0) is 20.9. The molecule has 1 aromatic carbocycles. The third-order valence-electron chi connectivity index (χ3n) is 7.43. The molecule has 0 bridgehead atoms. The van der Waals surface area contributed by atoms with E-state index in [1.807, 2.05) is 0 Å². The lowest BCUT2D eigenvalue weighted by atomic mass is 9.78. The Labute approximate surface area is 182 Å². The zero-order valence-electron chi connectivity index (χ0n) is 18.6. The molecular formula is C26H37N3O. The number of hydrogen-bond donors (Lipinski definition) is 1. The highest BCUT2D eigenvalue weighted by molar-refractivity contribution is 5.79. The van der Waals surface area contributed by atoms with Gasteiger partial charge < -0.3 is 10.2 Å². The van der Waals surface area contributed by atoms with Crippen molar-refractivity contribution in [1.29, 1.82) is 5.26 Å². The van der Waals surface area contributed by atoms with Gasteiger partial charge in [0.1, 0.15) is 6.04 Å². The summed E-state index contributed by atoms with van der Waals surface area (Å²) >= 11 is 0. The Bertz CT molecular complexity index is 809. The third kappa shape index (κ3) is 4.72. The van der Waals surface area contributed by atoms with Crippen LogP contribution in [-0.4, -0.2) is 36.0 Å². The summed E-state index contributed by atoms with van der Waals surface area (Å²) in [7, 11) is 0. The lowest BCUT2D eigenvalue weighted by Crippen LogP contribution is -2.43. The molecule has 162 valence electrons. The predicted molar refractivity (Wildman–Crippen MR) is 120 cm³/mol. The second-order valence-electron chi connectivity index (χ2n) is 9.61. The number of fused-ring (bicyclic) bond motifs is 2. The van der Waals surface area contributed by atoms with E-state index >= 15 is 0 Å². The van der Waals surface area contributed by atoms with Gasteiger partial charge in [0.05, 0.1) is 12.6 Å². The largest absolute Gasteiger partial charge is 0.326 e. The van der Waals surface area contributed by atoms with E-state index in [2.05, 4.69) is 24.4 Å². The predicted octanol–water partition coefficient (Wildman–Crippen LogP) is 4.26. The molecule has 4 heteroatoms. The second-order valence-corrected chi connectivity index (χ2v) is 9.61. The van der Waals surface area contributed by atoms with Gasteiger partial charge in [-0.2, -0.15) is 5.26 Å². The molecular weight excluding hydrogens is 370 g/mol. The summed E-state index contributed by atoms with van der Waals surface area (Å²) in [6.45, 7) is 3.29. The maximum Gasteiger partial charge on any atom is 0.237 e. The van der Waals surface area contributed by atoms with Crippen LogP contribution in [0, 0.1) is 11.3 Å².